The number of amides is 1. The molecule has 124 valence electrons. The van der Waals surface area contributed by atoms with Crippen LogP contribution in [0.2, 0.25) is 0 Å². The first-order chi connectivity index (χ1) is 11.2. The number of benzene rings is 1. The van der Waals surface area contributed by atoms with Crippen LogP contribution in [0.15, 0.2) is 24.3 Å². The maximum absolute atomic E-state index is 12.2. The zero-order valence-corrected chi connectivity index (χ0v) is 13.9. The van der Waals surface area contributed by atoms with Gasteiger partial charge in [0, 0.05) is 38.6 Å². The van der Waals surface area contributed by atoms with Gasteiger partial charge in [-0.15, -0.1) is 0 Å². The standard InChI is InChI=1S/C19H26N2O2/c1-23-17-5-2-4-14(9-17)10-20-11-15-8-16(13-20)18-6-3-7-19(22)21(18)12-15/h2,4-5,9,15-16,18H,3,6-8,10-13H2,1H3/t15-,16-,18-/m0/s1. The minimum Gasteiger partial charge on any atom is -0.497 e. The van der Waals surface area contributed by atoms with Crippen LogP contribution in [0.4, 0.5) is 0 Å². The van der Waals surface area contributed by atoms with E-state index >= 15 is 0 Å². The van der Waals surface area contributed by atoms with E-state index < -0.39 is 0 Å². The molecule has 3 fully saturated rings. The zero-order chi connectivity index (χ0) is 15.8. The predicted octanol–water partition coefficient (Wildman–Crippen LogP) is 2.53. The molecule has 0 N–H and O–H groups in total. The number of carbonyl (C=O) groups is 1. The highest BCUT2D eigenvalue weighted by Gasteiger charge is 2.43. The van der Waals surface area contributed by atoms with E-state index in [0.717, 1.165) is 44.8 Å². The van der Waals surface area contributed by atoms with Crippen molar-refractivity contribution >= 4 is 5.91 Å². The number of likely N-dealkylation sites (tertiary alicyclic amines) is 1. The lowest BCUT2D eigenvalue weighted by atomic mass is 9.76. The first-order valence-corrected chi connectivity index (χ1v) is 8.87. The quantitative estimate of drug-likeness (QED) is 0.859. The molecule has 3 aliphatic rings. The van der Waals surface area contributed by atoms with E-state index in [9.17, 15) is 4.79 Å². The molecule has 1 amide bonds. The minimum absolute atomic E-state index is 0.400. The summed E-state index contributed by atoms with van der Waals surface area (Å²) in [6, 6.07) is 8.89. The average Bonchev–Trinajstić information content (AvgIpc) is 2.56. The van der Waals surface area contributed by atoms with Crippen molar-refractivity contribution in [3.63, 3.8) is 0 Å². The molecule has 0 saturated carbocycles. The van der Waals surface area contributed by atoms with Gasteiger partial charge in [0.1, 0.15) is 5.75 Å². The molecule has 0 aromatic heterocycles. The largest absolute Gasteiger partial charge is 0.497 e. The van der Waals surface area contributed by atoms with Crippen LogP contribution in [0.1, 0.15) is 31.2 Å². The molecule has 4 heteroatoms. The molecule has 23 heavy (non-hydrogen) atoms. The summed E-state index contributed by atoms with van der Waals surface area (Å²) in [6.07, 6.45) is 4.36. The molecule has 3 atom stereocenters. The van der Waals surface area contributed by atoms with E-state index in [2.05, 4.69) is 28.0 Å². The van der Waals surface area contributed by atoms with E-state index in [1.54, 1.807) is 7.11 Å². The van der Waals surface area contributed by atoms with Gasteiger partial charge in [0.25, 0.3) is 0 Å². The van der Waals surface area contributed by atoms with Crippen LogP contribution in [-0.4, -0.2) is 48.5 Å². The summed E-state index contributed by atoms with van der Waals surface area (Å²) in [6.45, 7) is 4.21. The highest BCUT2D eigenvalue weighted by molar-refractivity contribution is 5.77. The van der Waals surface area contributed by atoms with Crippen LogP contribution in [0, 0.1) is 11.8 Å². The lowest BCUT2D eigenvalue weighted by Crippen LogP contribution is -2.60. The molecule has 0 radical (unpaired) electrons. The molecule has 0 unspecified atom stereocenters. The SMILES string of the molecule is COc1cccc(CN2C[C@@H]3C[C@@H](C2)[C@@H]2CCCC(=O)N2C3)c1. The monoisotopic (exact) mass is 314 g/mol. The first-order valence-electron chi connectivity index (χ1n) is 8.87. The number of hydrogen-bond donors (Lipinski definition) is 0. The Morgan fingerprint density at radius 2 is 2.17 bits per heavy atom. The average molecular weight is 314 g/mol. The molecule has 1 aromatic rings. The molecule has 3 heterocycles. The van der Waals surface area contributed by atoms with E-state index in [1.165, 1.54) is 18.4 Å². The fourth-order valence-electron chi connectivity index (χ4n) is 4.87. The Morgan fingerprint density at radius 1 is 1.26 bits per heavy atom. The predicted molar refractivity (Wildman–Crippen MR) is 89.2 cm³/mol. The maximum Gasteiger partial charge on any atom is 0.222 e. The van der Waals surface area contributed by atoms with Crippen LogP contribution < -0.4 is 4.74 Å². The van der Waals surface area contributed by atoms with Gasteiger partial charge in [-0.25, -0.2) is 0 Å². The number of carbonyl (C=O) groups excluding carboxylic acids is 1. The molecule has 3 saturated heterocycles. The lowest BCUT2D eigenvalue weighted by molar-refractivity contribution is -0.145. The van der Waals surface area contributed by atoms with Crippen molar-refractivity contribution in [3.8, 4) is 5.75 Å². The number of nitrogens with zero attached hydrogens (tertiary/aromatic N) is 2. The molecule has 2 bridgehead atoms. The Balaban J connectivity index is 1.46. The van der Waals surface area contributed by atoms with Gasteiger partial charge < -0.3 is 9.64 Å². The molecule has 0 aliphatic carbocycles. The second kappa shape index (κ2) is 6.16. The van der Waals surface area contributed by atoms with Crippen molar-refractivity contribution in [2.75, 3.05) is 26.7 Å². The second-order valence-corrected chi connectivity index (χ2v) is 7.41. The molecule has 4 nitrogen and oxygen atoms in total. The van der Waals surface area contributed by atoms with Crippen LogP contribution >= 0.6 is 0 Å². The summed E-state index contributed by atoms with van der Waals surface area (Å²) in [5, 5.41) is 0. The number of methoxy groups -OCH3 is 1. The van der Waals surface area contributed by atoms with Gasteiger partial charge in [-0.3, -0.25) is 9.69 Å². The van der Waals surface area contributed by atoms with E-state index in [4.69, 9.17) is 4.74 Å². The van der Waals surface area contributed by atoms with Crippen LogP contribution in [0.25, 0.3) is 0 Å². The maximum atomic E-state index is 12.2. The molecule has 4 rings (SSSR count). The summed E-state index contributed by atoms with van der Waals surface area (Å²) in [4.78, 5) is 17.0. The van der Waals surface area contributed by atoms with Crippen molar-refractivity contribution in [1.29, 1.82) is 0 Å². The van der Waals surface area contributed by atoms with Crippen LogP contribution in [-0.2, 0) is 11.3 Å². The van der Waals surface area contributed by atoms with Crippen molar-refractivity contribution in [2.45, 2.75) is 38.3 Å². The Morgan fingerprint density at radius 3 is 3.04 bits per heavy atom. The summed E-state index contributed by atoms with van der Waals surface area (Å²) in [7, 11) is 1.72. The summed E-state index contributed by atoms with van der Waals surface area (Å²) in [5.41, 5.74) is 1.32. The molecular weight excluding hydrogens is 288 g/mol. The van der Waals surface area contributed by atoms with E-state index in [1.807, 2.05) is 6.07 Å². The molecule has 0 spiro atoms. The lowest BCUT2D eigenvalue weighted by Gasteiger charge is -2.52. The van der Waals surface area contributed by atoms with E-state index in [0.29, 0.717) is 23.8 Å². The second-order valence-electron chi connectivity index (χ2n) is 7.41. The van der Waals surface area contributed by atoms with Gasteiger partial charge in [-0.1, -0.05) is 12.1 Å². The van der Waals surface area contributed by atoms with E-state index in [-0.39, 0.29) is 0 Å². The highest BCUT2D eigenvalue weighted by Crippen LogP contribution is 2.38. The van der Waals surface area contributed by atoms with Gasteiger partial charge >= 0.3 is 0 Å². The number of rotatable bonds is 3. The minimum atomic E-state index is 0.400. The number of fused-ring (bicyclic) bond motifs is 4. The number of piperidine rings is 3. The van der Waals surface area contributed by atoms with Gasteiger partial charge in [-0.05, 0) is 48.8 Å². The van der Waals surface area contributed by atoms with Gasteiger partial charge in [0.15, 0.2) is 0 Å². The third-order valence-electron chi connectivity index (χ3n) is 5.80. The van der Waals surface area contributed by atoms with Gasteiger partial charge in [-0.2, -0.15) is 0 Å². The van der Waals surface area contributed by atoms with Gasteiger partial charge in [0.05, 0.1) is 7.11 Å². The Labute approximate surface area is 138 Å². The van der Waals surface area contributed by atoms with Crippen molar-refractivity contribution in [3.05, 3.63) is 29.8 Å². The highest BCUT2D eigenvalue weighted by atomic mass is 16.5. The Kier molecular flexibility index (Phi) is 4.02. The Hall–Kier alpha value is -1.55. The van der Waals surface area contributed by atoms with Crippen molar-refractivity contribution in [2.24, 2.45) is 11.8 Å². The summed E-state index contributed by atoms with van der Waals surface area (Å²) in [5.74, 6) is 2.65. The summed E-state index contributed by atoms with van der Waals surface area (Å²) < 4.78 is 5.34. The Bertz CT molecular complexity index is 588. The first kappa shape index (κ1) is 15.0. The summed E-state index contributed by atoms with van der Waals surface area (Å²) >= 11 is 0. The fourth-order valence-corrected chi connectivity index (χ4v) is 4.87. The molecule has 1 aromatic carbocycles. The fraction of sp³-hybridized carbons (Fsp3) is 0.632. The van der Waals surface area contributed by atoms with Crippen LogP contribution in [0.5, 0.6) is 5.75 Å². The smallest absolute Gasteiger partial charge is 0.222 e. The zero-order valence-electron chi connectivity index (χ0n) is 13.9. The number of hydrogen-bond acceptors (Lipinski definition) is 3. The third-order valence-corrected chi connectivity index (χ3v) is 5.80. The molecule has 3 aliphatic heterocycles. The molecular formula is C19H26N2O2. The topological polar surface area (TPSA) is 32.8 Å². The van der Waals surface area contributed by atoms with Crippen molar-refractivity contribution < 1.29 is 9.53 Å². The number of ether oxygens (including phenoxy) is 1. The van der Waals surface area contributed by atoms with Crippen molar-refractivity contribution in [1.82, 2.24) is 9.80 Å². The third kappa shape index (κ3) is 2.97. The normalized spacial score (nSPS) is 30.9. The van der Waals surface area contributed by atoms with Crippen LogP contribution in [0.3, 0.4) is 0 Å². The van der Waals surface area contributed by atoms with Gasteiger partial charge in [0.2, 0.25) is 5.91 Å².